The van der Waals surface area contributed by atoms with E-state index < -0.39 is 11.7 Å². The van der Waals surface area contributed by atoms with Crippen LogP contribution in [0.3, 0.4) is 0 Å². The van der Waals surface area contributed by atoms with Crippen molar-refractivity contribution < 1.29 is 13.2 Å². The Morgan fingerprint density at radius 2 is 1.80 bits per heavy atom. The van der Waals surface area contributed by atoms with Crippen molar-refractivity contribution in [2.75, 3.05) is 6.54 Å². The molecule has 0 aliphatic carbocycles. The number of benzene rings is 2. The lowest BCUT2D eigenvalue weighted by molar-refractivity contribution is -0.137. The van der Waals surface area contributed by atoms with Gasteiger partial charge in [0.1, 0.15) is 0 Å². The summed E-state index contributed by atoms with van der Waals surface area (Å²) < 4.78 is 40.4. The van der Waals surface area contributed by atoms with Crippen LogP contribution in [-0.4, -0.2) is 11.5 Å². The fraction of sp³-hybridized carbons (Fsp3) is 0.300. The molecule has 0 saturated heterocycles. The molecule has 0 amide bonds. The van der Waals surface area contributed by atoms with Gasteiger partial charge in [0.15, 0.2) is 0 Å². The number of hydrogen-bond donors (Lipinski definition) is 2. The van der Waals surface area contributed by atoms with E-state index >= 15 is 0 Å². The van der Waals surface area contributed by atoms with Crippen LogP contribution in [0.25, 0.3) is 22.2 Å². The van der Waals surface area contributed by atoms with E-state index in [0.717, 1.165) is 40.9 Å². The van der Waals surface area contributed by atoms with Crippen molar-refractivity contribution in [3.8, 4) is 11.3 Å². The molecule has 3 N–H and O–H groups in total. The fourth-order valence-corrected chi connectivity index (χ4v) is 3.25. The standard InChI is InChI=1S/C20H21F3N2/c1-13-9-10-18-16(12-13)14(6-4-5-11-24)19(25-18)15-7-2-3-8-17(15)20(21,22)23/h2-3,7-10,12,25H,4-6,11,24H2,1H3. The van der Waals surface area contributed by atoms with Gasteiger partial charge in [-0.15, -0.1) is 0 Å². The molecular formula is C20H21F3N2. The van der Waals surface area contributed by atoms with Gasteiger partial charge in [-0.25, -0.2) is 0 Å². The molecule has 0 aliphatic rings. The van der Waals surface area contributed by atoms with E-state index in [1.54, 1.807) is 6.07 Å². The summed E-state index contributed by atoms with van der Waals surface area (Å²) in [6.45, 7) is 2.56. The third-order valence-corrected chi connectivity index (χ3v) is 4.44. The highest BCUT2D eigenvalue weighted by molar-refractivity contribution is 5.92. The van der Waals surface area contributed by atoms with Crippen molar-refractivity contribution in [2.24, 2.45) is 5.73 Å². The van der Waals surface area contributed by atoms with Crippen molar-refractivity contribution in [2.45, 2.75) is 32.4 Å². The lowest BCUT2D eigenvalue weighted by atomic mass is 9.96. The van der Waals surface area contributed by atoms with E-state index in [1.807, 2.05) is 25.1 Å². The largest absolute Gasteiger partial charge is 0.417 e. The second-order valence-corrected chi connectivity index (χ2v) is 6.32. The molecule has 3 rings (SSSR count). The maximum absolute atomic E-state index is 13.5. The Morgan fingerprint density at radius 3 is 2.52 bits per heavy atom. The second kappa shape index (κ2) is 6.92. The van der Waals surface area contributed by atoms with Crippen LogP contribution in [0.4, 0.5) is 13.2 Å². The Kier molecular flexibility index (Phi) is 4.86. The number of halogens is 3. The number of alkyl halides is 3. The first-order valence-electron chi connectivity index (χ1n) is 8.39. The summed E-state index contributed by atoms with van der Waals surface area (Å²) in [5, 5.41) is 0.990. The van der Waals surface area contributed by atoms with E-state index in [9.17, 15) is 13.2 Å². The van der Waals surface area contributed by atoms with E-state index in [4.69, 9.17) is 5.73 Å². The van der Waals surface area contributed by atoms with Crippen molar-refractivity contribution in [3.63, 3.8) is 0 Å². The maximum atomic E-state index is 13.5. The SMILES string of the molecule is Cc1ccc2[nH]c(-c3ccccc3C(F)(F)F)c(CCCCN)c2c1. The van der Waals surface area contributed by atoms with Crippen molar-refractivity contribution in [3.05, 3.63) is 59.2 Å². The Morgan fingerprint density at radius 1 is 1.04 bits per heavy atom. The number of H-pyrrole nitrogens is 1. The van der Waals surface area contributed by atoms with E-state index in [0.29, 0.717) is 18.7 Å². The highest BCUT2D eigenvalue weighted by Crippen LogP contribution is 2.40. The topological polar surface area (TPSA) is 41.8 Å². The minimum atomic E-state index is -4.39. The molecule has 3 aromatic rings. The fourth-order valence-electron chi connectivity index (χ4n) is 3.25. The summed E-state index contributed by atoms with van der Waals surface area (Å²) in [6, 6.07) is 11.7. The van der Waals surface area contributed by atoms with Gasteiger partial charge in [-0.3, -0.25) is 0 Å². The summed E-state index contributed by atoms with van der Waals surface area (Å²) in [6.07, 6.45) is -2.00. The zero-order valence-electron chi connectivity index (χ0n) is 14.1. The summed E-state index contributed by atoms with van der Waals surface area (Å²) in [4.78, 5) is 3.22. The van der Waals surface area contributed by atoms with Crippen LogP contribution < -0.4 is 5.73 Å². The van der Waals surface area contributed by atoms with Gasteiger partial charge >= 0.3 is 6.18 Å². The number of fused-ring (bicyclic) bond motifs is 1. The van der Waals surface area contributed by atoms with Crippen LogP contribution in [0.1, 0.15) is 29.5 Å². The third-order valence-electron chi connectivity index (χ3n) is 4.44. The molecule has 0 radical (unpaired) electrons. The molecule has 0 saturated carbocycles. The zero-order chi connectivity index (χ0) is 18.0. The number of aromatic nitrogens is 1. The molecule has 0 atom stereocenters. The Bertz CT molecular complexity index is 878. The van der Waals surface area contributed by atoms with Crippen LogP contribution in [0.2, 0.25) is 0 Å². The van der Waals surface area contributed by atoms with Gasteiger partial charge in [-0.2, -0.15) is 13.2 Å². The first-order chi connectivity index (χ1) is 11.9. The molecule has 0 fully saturated rings. The molecule has 1 heterocycles. The highest BCUT2D eigenvalue weighted by atomic mass is 19.4. The molecule has 2 nitrogen and oxygen atoms in total. The Labute approximate surface area is 144 Å². The van der Waals surface area contributed by atoms with Crippen LogP contribution in [0.15, 0.2) is 42.5 Å². The normalized spacial score (nSPS) is 12.0. The maximum Gasteiger partial charge on any atom is 0.417 e. The number of aryl methyl sites for hydroxylation is 2. The van der Waals surface area contributed by atoms with Crippen molar-refractivity contribution in [1.82, 2.24) is 4.98 Å². The van der Waals surface area contributed by atoms with Gasteiger partial charge in [0.2, 0.25) is 0 Å². The van der Waals surface area contributed by atoms with E-state index in [-0.39, 0.29) is 5.56 Å². The smallest absolute Gasteiger partial charge is 0.354 e. The summed E-state index contributed by atoms with van der Waals surface area (Å²) in [5.74, 6) is 0. The highest BCUT2D eigenvalue weighted by Gasteiger charge is 2.34. The number of nitrogens with one attached hydrogen (secondary N) is 1. The third kappa shape index (κ3) is 3.56. The molecule has 132 valence electrons. The van der Waals surface area contributed by atoms with Gasteiger partial charge in [0.25, 0.3) is 0 Å². The van der Waals surface area contributed by atoms with Crippen molar-refractivity contribution in [1.29, 1.82) is 0 Å². The monoisotopic (exact) mass is 346 g/mol. The molecule has 2 aromatic carbocycles. The lowest BCUT2D eigenvalue weighted by Gasteiger charge is -2.13. The number of hydrogen-bond acceptors (Lipinski definition) is 1. The van der Waals surface area contributed by atoms with Crippen LogP contribution in [0.5, 0.6) is 0 Å². The molecule has 25 heavy (non-hydrogen) atoms. The zero-order valence-corrected chi connectivity index (χ0v) is 14.1. The molecule has 5 heteroatoms. The molecule has 0 bridgehead atoms. The summed E-state index contributed by atoms with van der Waals surface area (Å²) in [5.41, 5.74) is 8.61. The molecule has 0 unspecified atom stereocenters. The molecule has 1 aromatic heterocycles. The number of unbranched alkanes of at least 4 members (excludes halogenated alkanes) is 1. The number of aromatic amines is 1. The minimum absolute atomic E-state index is 0.201. The lowest BCUT2D eigenvalue weighted by Crippen LogP contribution is -2.07. The number of rotatable bonds is 5. The van der Waals surface area contributed by atoms with Gasteiger partial charge in [0, 0.05) is 16.5 Å². The second-order valence-electron chi connectivity index (χ2n) is 6.32. The van der Waals surface area contributed by atoms with Crippen LogP contribution >= 0.6 is 0 Å². The summed E-state index contributed by atoms with van der Waals surface area (Å²) >= 11 is 0. The van der Waals surface area contributed by atoms with Gasteiger partial charge in [-0.1, -0.05) is 29.8 Å². The average Bonchev–Trinajstić information content (AvgIpc) is 2.92. The quantitative estimate of drug-likeness (QED) is 0.593. The Hall–Kier alpha value is -2.27. The minimum Gasteiger partial charge on any atom is -0.354 e. The van der Waals surface area contributed by atoms with E-state index in [1.165, 1.54) is 12.1 Å². The van der Waals surface area contributed by atoms with E-state index in [2.05, 4.69) is 4.98 Å². The molecule has 0 spiro atoms. The van der Waals surface area contributed by atoms with Gasteiger partial charge in [-0.05, 0) is 56.5 Å². The molecular weight excluding hydrogens is 325 g/mol. The number of nitrogens with two attached hydrogens (primary N) is 1. The summed E-state index contributed by atoms with van der Waals surface area (Å²) in [7, 11) is 0. The van der Waals surface area contributed by atoms with Crippen molar-refractivity contribution >= 4 is 10.9 Å². The van der Waals surface area contributed by atoms with Gasteiger partial charge in [0.05, 0.1) is 11.3 Å². The first-order valence-corrected chi connectivity index (χ1v) is 8.39. The van der Waals surface area contributed by atoms with Crippen LogP contribution in [-0.2, 0) is 12.6 Å². The molecule has 0 aliphatic heterocycles. The average molecular weight is 346 g/mol. The predicted molar refractivity (Wildman–Crippen MR) is 95.5 cm³/mol. The Balaban J connectivity index is 2.21. The predicted octanol–water partition coefficient (Wildman–Crippen LogP) is 5.44. The van der Waals surface area contributed by atoms with Gasteiger partial charge < -0.3 is 10.7 Å². The first kappa shape index (κ1) is 17.5. The van der Waals surface area contributed by atoms with Crippen LogP contribution in [0, 0.1) is 6.92 Å².